The Kier molecular flexibility index (Phi) is 19.3. The second-order valence-corrected chi connectivity index (χ2v) is 8.64. The molecule has 0 saturated heterocycles. The van der Waals surface area contributed by atoms with Crippen LogP contribution in [-0.4, -0.2) is 37.6 Å². The molecule has 0 radical (unpaired) electrons. The predicted molar refractivity (Wildman–Crippen MR) is 128 cm³/mol. The van der Waals surface area contributed by atoms with Gasteiger partial charge in [0.1, 0.15) is 6.10 Å². The van der Waals surface area contributed by atoms with Crippen molar-refractivity contribution in [3.05, 3.63) is 35.9 Å². The van der Waals surface area contributed by atoms with Gasteiger partial charge in [-0.15, -0.1) is 0 Å². The van der Waals surface area contributed by atoms with Crippen LogP contribution in [0.25, 0.3) is 0 Å². The molecule has 174 valence electrons. The topological polar surface area (TPSA) is 38.7 Å². The van der Waals surface area contributed by atoms with Crippen LogP contribution in [-0.2, 0) is 15.9 Å². The zero-order valence-corrected chi connectivity index (χ0v) is 19.7. The number of rotatable bonds is 22. The zero-order valence-electron chi connectivity index (χ0n) is 19.7. The number of aliphatic hydroxyl groups is 1. The maximum atomic E-state index is 9.91. The second-order valence-electron chi connectivity index (χ2n) is 8.64. The lowest BCUT2D eigenvalue weighted by Gasteiger charge is -2.12. The Labute approximate surface area is 186 Å². The molecule has 0 aliphatic heterocycles. The van der Waals surface area contributed by atoms with Gasteiger partial charge in [-0.05, 0) is 18.4 Å². The molecule has 0 saturated carbocycles. The first-order chi connectivity index (χ1) is 14.8. The van der Waals surface area contributed by atoms with Crippen molar-refractivity contribution in [3.63, 3.8) is 0 Å². The van der Waals surface area contributed by atoms with Crippen molar-refractivity contribution < 1.29 is 14.6 Å². The average molecular weight is 421 g/mol. The molecule has 3 heteroatoms. The standard InChI is InChI=1S/C27H48O3/c1-2-3-4-5-6-7-8-9-10-11-12-13-14-18-22-29-24-27(28)25-30-23-21-26-19-16-15-17-20-26/h15-17,19-20,27-28H,2-14,18,21-25H2,1H3. The molecule has 0 aromatic heterocycles. The molecule has 1 N–H and O–H groups in total. The van der Waals surface area contributed by atoms with Gasteiger partial charge in [-0.3, -0.25) is 0 Å². The summed E-state index contributed by atoms with van der Waals surface area (Å²) in [5.41, 5.74) is 1.26. The molecule has 0 aliphatic carbocycles. The summed E-state index contributed by atoms with van der Waals surface area (Å²) < 4.78 is 11.1. The lowest BCUT2D eigenvalue weighted by atomic mass is 10.0. The molecule has 0 amide bonds. The van der Waals surface area contributed by atoms with E-state index in [4.69, 9.17) is 9.47 Å². The van der Waals surface area contributed by atoms with Gasteiger partial charge in [-0.25, -0.2) is 0 Å². The summed E-state index contributed by atoms with van der Waals surface area (Å²) >= 11 is 0. The molecule has 0 aliphatic rings. The van der Waals surface area contributed by atoms with Crippen molar-refractivity contribution in [3.8, 4) is 0 Å². The molecule has 0 spiro atoms. The highest BCUT2D eigenvalue weighted by Crippen LogP contribution is 2.13. The van der Waals surface area contributed by atoms with Crippen molar-refractivity contribution >= 4 is 0 Å². The van der Waals surface area contributed by atoms with E-state index in [1.807, 2.05) is 18.2 Å². The Bertz CT molecular complexity index is 449. The fourth-order valence-corrected chi connectivity index (χ4v) is 3.72. The molecule has 0 fully saturated rings. The molecular weight excluding hydrogens is 372 g/mol. The molecule has 1 rings (SSSR count). The molecule has 0 bridgehead atoms. The van der Waals surface area contributed by atoms with Gasteiger partial charge in [0.2, 0.25) is 0 Å². The molecular formula is C27H48O3. The van der Waals surface area contributed by atoms with Crippen LogP contribution in [0, 0.1) is 0 Å². The van der Waals surface area contributed by atoms with Crippen molar-refractivity contribution in [2.45, 2.75) is 109 Å². The van der Waals surface area contributed by atoms with Crippen LogP contribution in [0.3, 0.4) is 0 Å². The zero-order chi connectivity index (χ0) is 21.5. The molecule has 1 aromatic carbocycles. The predicted octanol–water partition coefficient (Wildman–Crippen LogP) is 7.10. The summed E-state index contributed by atoms with van der Waals surface area (Å²) in [4.78, 5) is 0. The van der Waals surface area contributed by atoms with Gasteiger partial charge in [0.05, 0.1) is 19.8 Å². The molecule has 3 nitrogen and oxygen atoms in total. The first kappa shape index (κ1) is 27.1. The lowest BCUT2D eigenvalue weighted by molar-refractivity contribution is -0.0188. The highest BCUT2D eigenvalue weighted by molar-refractivity contribution is 5.14. The van der Waals surface area contributed by atoms with Gasteiger partial charge in [-0.1, -0.05) is 121 Å². The summed E-state index contributed by atoms with van der Waals surface area (Å²) in [6.45, 7) is 4.40. The number of benzene rings is 1. The summed E-state index contributed by atoms with van der Waals surface area (Å²) in [6.07, 6.45) is 19.5. The molecule has 1 atom stereocenters. The number of ether oxygens (including phenoxy) is 2. The molecule has 0 heterocycles. The fraction of sp³-hybridized carbons (Fsp3) is 0.778. The Morgan fingerprint density at radius 2 is 1.10 bits per heavy atom. The average Bonchev–Trinajstić information content (AvgIpc) is 2.77. The number of unbranched alkanes of at least 4 members (excludes halogenated alkanes) is 13. The van der Waals surface area contributed by atoms with Crippen LogP contribution in [0.15, 0.2) is 30.3 Å². The number of hydrogen-bond donors (Lipinski definition) is 1. The minimum absolute atomic E-state index is 0.353. The smallest absolute Gasteiger partial charge is 0.101 e. The first-order valence-electron chi connectivity index (χ1n) is 12.7. The monoisotopic (exact) mass is 420 g/mol. The quantitative estimate of drug-likeness (QED) is 0.203. The highest BCUT2D eigenvalue weighted by Gasteiger charge is 2.04. The maximum absolute atomic E-state index is 9.91. The summed E-state index contributed by atoms with van der Waals surface area (Å²) in [5, 5.41) is 9.91. The molecule has 1 unspecified atom stereocenters. The summed E-state index contributed by atoms with van der Waals surface area (Å²) in [5.74, 6) is 0. The Hall–Kier alpha value is -0.900. The fourth-order valence-electron chi connectivity index (χ4n) is 3.72. The van der Waals surface area contributed by atoms with E-state index in [-0.39, 0.29) is 0 Å². The SMILES string of the molecule is CCCCCCCCCCCCCCCCOCC(O)COCCc1ccccc1. The van der Waals surface area contributed by atoms with E-state index in [2.05, 4.69) is 19.1 Å². The van der Waals surface area contributed by atoms with E-state index < -0.39 is 6.10 Å². The van der Waals surface area contributed by atoms with Crippen LogP contribution in [0.5, 0.6) is 0 Å². The number of aliphatic hydroxyl groups excluding tert-OH is 1. The lowest BCUT2D eigenvalue weighted by Crippen LogP contribution is -2.22. The van der Waals surface area contributed by atoms with Crippen molar-refractivity contribution in [2.75, 3.05) is 26.4 Å². The minimum Gasteiger partial charge on any atom is -0.388 e. The highest BCUT2D eigenvalue weighted by atomic mass is 16.5. The van der Waals surface area contributed by atoms with Gasteiger partial charge in [0.15, 0.2) is 0 Å². The van der Waals surface area contributed by atoms with Crippen LogP contribution in [0.2, 0.25) is 0 Å². The van der Waals surface area contributed by atoms with E-state index in [0.717, 1.165) is 19.4 Å². The van der Waals surface area contributed by atoms with Gasteiger partial charge >= 0.3 is 0 Å². The third kappa shape index (κ3) is 17.9. The normalized spacial score (nSPS) is 12.3. The Morgan fingerprint density at radius 1 is 0.633 bits per heavy atom. The van der Waals surface area contributed by atoms with E-state index in [1.165, 1.54) is 89.0 Å². The van der Waals surface area contributed by atoms with Crippen molar-refractivity contribution in [1.82, 2.24) is 0 Å². The van der Waals surface area contributed by atoms with E-state index in [0.29, 0.717) is 19.8 Å². The van der Waals surface area contributed by atoms with Crippen LogP contribution in [0.1, 0.15) is 102 Å². The number of hydrogen-bond acceptors (Lipinski definition) is 3. The minimum atomic E-state index is -0.521. The maximum Gasteiger partial charge on any atom is 0.101 e. The van der Waals surface area contributed by atoms with Gasteiger partial charge in [-0.2, -0.15) is 0 Å². The van der Waals surface area contributed by atoms with Crippen LogP contribution in [0.4, 0.5) is 0 Å². The van der Waals surface area contributed by atoms with Crippen LogP contribution >= 0.6 is 0 Å². The van der Waals surface area contributed by atoms with Gasteiger partial charge < -0.3 is 14.6 Å². The Morgan fingerprint density at radius 3 is 1.63 bits per heavy atom. The van der Waals surface area contributed by atoms with Gasteiger partial charge in [0.25, 0.3) is 0 Å². The first-order valence-corrected chi connectivity index (χ1v) is 12.7. The Balaban J connectivity index is 1.73. The third-order valence-electron chi connectivity index (χ3n) is 5.64. The van der Waals surface area contributed by atoms with Crippen molar-refractivity contribution in [1.29, 1.82) is 0 Å². The van der Waals surface area contributed by atoms with Crippen molar-refractivity contribution in [2.24, 2.45) is 0 Å². The largest absolute Gasteiger partial charge is 0.388 e. The third-order valence-corrected chi connectivity index (χ3v) is 5.64. The second kappa shape index (κ2) is 21.3. The van der Waals surface area contributed by atoms with Crippen LogP contribution < -0.4 is 0 Å². The molecule has 1 aromatic rings. The van der Waals surface area contributed by atoms with E-state index in [1.54, 1.807) is 0 Å². The van der Waals surface area contributed by atoms with E-state index in [9.17, 15) is 5.11 Å². The summed E-state index contributed by atoms with van der Waals surface area (Å²) in [7, 11) is 0. The van der Waals surface area contributed by atoms with Gasteiger partial charge in [0, 0.05) is 6.61 Å². The summed E-state index contributed by atoms with van der Waals surface area (Å²) in [6, 6.07) is 10.3. The molecule has 30 heavy (non-hydrogen) atoms. The van der Waals surface area contributed by atoms with E-state index >= 15 is 0 Å².